The number of benzene rings is 1. The summed E-state index contributed by atoms with van der Waals surface area (Å²) in [4.78, 5) is 27.6. The first-order valence-corrected chi connectivity index (χ1v) is 7.74. The van der Waals surface area contributed by atoms with Crippen LogP contribution < -0.4 is 4.74 Å². The molecule has 0 saturated carbocycles. The third-order valence-electron chi connectivity index (χ3n) is 4.42. The van der Waals surface area contributed by atoms with Gasteiger partial charge < -0.3 is 19.6 Å². The van der Waals surface area contributed by atoms with Gasteiger partial charge in [0.15, 0.2) is 0 Å². The van der Waals surface area contributed by atoms with Crippen molar-refractivity contribution >= 4 is 11.9 Å². The molecular weight excluding hydrogens is 296 g/mol. The van der Waals surface area contributed by atoms with Gasteiger partial charge in [0, 0.05) is 12.6 Å². The van der Waals surface area contributed by atoms with Crippen LogP contribution in [0.5, 0.6) is 5.75 Å². The Morgan fingerprint density at radius 3 is 2.48 bits per heavy atom. The van der Waals surface area contributed by atoms with Crippen molar-refractivity contribution in [3.63, 3.8) is 0 Å². The summed E-state index contributed by atoms with van der Waals surface area (Å²) in [7, 11) is 5.48. The number of piperidine rings is 1. The molecule has 126 valence electrons. The smallest absolute Gasteiger partial charge is 0.326 e. The first-order chi connectivity index (χ1) is 10.9. The van der Waals surface area contributed by atoms with Crippen LogP contribution in [0.2, 0.25) is 0 Å². The van der Waals surface area contributed by atoms with E-state index in [0.29, 0.717) is 13.0 Å². The van der Waals surface area contributed by atoms with E-state index in [9.17, 15) is 14.7 Å². The number of carboxylic acids is 1. The standard InChI is InChI=1S/C17H24N2O4/c1-18(2)13-8-9-19(15(11-13)17(21)22)16(20)10-12-4-6-14(23-3)7-5-12/h4-7,13,15H,8-11H2,1-3H3,(H,21,22)/t13-,15+/m1/s1. The fourth-order valence-electron chi connectivity index (χ4n) is 2.97. The molecule has 0 aliphatic carbocycles. The van der Waals surface area contributed by atoms with Crippen LogP contribution in [0.15, 0.2) is 24.3 Å². The molecular formula is C17H24N2O4. The summed E-state index contributed by atoms with van der Waals surface area (Å²) in [6.45, 7) is 0.481. The molecule has 1 N–H and O–H groups in total. The van der Waals surface area contributed by atoms with Gasteiger partial charge in [-0.3, -0.25) is 4.79 Å². The second-order valence-corrected chi connectivity index (χ2v) is 6.11. The summed E-state index contributed by atoms with van der Waals surface area (Å²) < 4.78 is 5.10. The number of carbonyl (C=O) groups excluding carboxylic acids is 1. The number of hydrogen-bond donors (Lipinski definition) is 1. The maximum atomic E-state index is 12.5. The van der Waals surface area contributed by atoms with Crippen molar-refractivity contribution in [3.05, 3.63) is 29.8 Å². The summed E-state index contributed by atoms with van der Waals surface area (Å²) in [6, 6.07) is 6.71. The van der Waals surface area contributed by atoms with Crippen LogP contribution in [0, 0.1) is 0 Å². The number of rotatable bonds is 5. The normalized spacial score (nSPS) is 21.3. The molecule has 0 spiro atoms. The van der Waals surface area contributed by atoms with Crippen molar-refractivity contribution < 1.29 is 19.4 Å². The molecule has 1 aromatic rings. The molecule has 1 aliphatic rings. The number of hydrogen-bond acceptors (Lipinski definition) is 4. The highest BCUT2D eigenvalue weighted by Crippen LogP contribution is 2.22. The van der Waals surface area contributed by atoms with Crippen LogP contribution >= 0.6 is 0 Å². The molecule has 23 heavy (non-hydrogen) atoms. The SMILES string of the molecule is COc1ccc(CC(=O)N2CC[C@@H](N(C)C)C[C@H]2C(=O)O)cc1. The number of likely N-dealkylation sites (tertiary alicyclic amines) is 1. The number of ether oxygens (including phenoxy) is 1. The third-order valence-corrected chi connectivity index (χ3v) is 4.42. The largest absolute Gasteiger partial charge is 0.497 e. The molecule has 0 aromatic heterocycles. The van der Waals surface area contributed by atoms with E-state index in [1.807, 2.05) is 31.1 Å². The van der Waals surface area contributed by atoms with Gasteiger partial charge in [-0.2, -0.15) is 0 Å². The Balaban J connectivity index is 2.05. The van der Waals surface area contributed by atoms with E-state index in [0.717, 1.165) is 17.7 Å². The number of methoxy groups -OCH3 is 1. The van der Waals surface area contributed by atoms with E-state index in [-0.39, 0.29) is 18.4 Å². The quantitative estimate of drug-likeness (QED) is 0.884. The molecule has 1 saturated heterocycles. The second-order valence-electron chi connectivity index (χ2n) is 6.11. The van der Waals surface area contributed by atoms with Gasteiger partial charge in [0.25, 0.3) is 0 Å². The average molecular weight is 320 g/mol. The minimum Gasteiger partial charge on any atom is -0.497 e. The summed E-state index contributed by atoms with van der Waals surface area (Å²) in [5.41, 5.74) is 0.856. The summed E-state index contributed by atoms with van der Waals surface area (Å²) >= 11 is 0. The fraction of sp³-hybridized carbons (Fsp3) is 0.529. The molecule has 2 rings (SSSR count). The molecule has 1 fully saturated rings. The van der Waals surface area contributed by atoms with E-state index >= 15 is 0 Å². The lowest BCUT2D eigenvalue weighted by atomic mass is 9.95. The minimum absolute atomic E-state index is 0.139. The van der Waals surface area contributed by atoms with Gasteiger partial charge in [0.05, 0.1) is 13.5 Å². The van der Waals surface area contributed by atoms with Gasteiger partial charge >= 0.3 is 5.97 Å². The maximum Gasteiger partial charge on any atom is 0.326 e. The molecule has 6 nitrogen and oxygen atoms in total. The van der Waals surface area contributed by atoms with E-state index in [1.165, 1.54) is 4.90 Å². The van der Waals surface area contributed by atoms with Crippen LogP contribution in [0.1, 0.15) is 18.4 Å². The number of carboxylic acid groups (broad SMARTS) is 1. The zero-order valence-corrected chi connectivity index (χ0v) is 13.9. The Hall–Kier alpha value is -2.08. The Labute approximate surface area is 136 Å². The minimum atomic E-state index is -0.931. The highest BCUT2D eigenvalue weighted by molar-refractivity contribution is 5.85. The van der Waals surface area contributed by atoms with Crippen LogP contribution in [0.3, 0.4) is 0 Å². The molecule has 1 aromatic carbocycles. The van der Waals surface area contributed by atoms with Gasteiger partial charge in [0.1, 0.15) is 11.8 Å². The zero-order valence-electron chi connectivity index (χ0n) is 13.9. The summed E-state index contributed by atoms with van der Waals surface area (Å²) in [5.74, 6) is -0.337. The molecule has 0 unspecified atom stereocenters. The van der Waals surface area contributed by atoms with Crippen LogP contribution in [0.4, 0.5) is 0 Å². The van der Waals surface area contributed by atoms with Gasteiger partial charge in [-0.1, -0.05) is 12.1 Å². The predicted octanol–water partition coefficient (Wildman–Crippen LogP) is 1.24. The zero-order chi connectivity index (χ0) is 17.0. The molecule has 6 heteroatoms. The van der Waals surface area contributed by atoms with Gasteiger partial charge in [0.2, 0.25) is 5.91 Å². The topological polar surface area (TPSA) is 70.1 Å². The Bertz CT molecular complexity index is 556. The van der Waals surface area contributed by atoms with Crippen molar-refractivity contribution in [3.8, 4) is 5.75 Å². The first kappa shape index (κ1) is 17.3. The van der Waals surface area contributed by atoms with Crippen LogP contribution in [0.25, 0.3) is 0 Å². The summed E-state index contributed by atoms with van der Waals surface area (Å²) in [6.07, 6.45) is 1.47. The lowest BCUT2D eigenvalue weighted by molar-refractivity contribution is -0.153. The molecule has 2 atom stereocenters. The van der Waals surface area contributed by atoms with Gasteiger partial charge in [-0.15, -0.1) is 0 Å². The van der Waals surface area contributed by atoms with Crippen LogP contribution in [-0.4, -0.2) is 66.6 Å². The van der Waals surface area contributed by atoms with Gasteiger partial charge in [-0.25, -0.2) is 4.79 Å². The highest BCUT2D eigenvalue weighted by Gasteiger charge is 2.36. The Morgan fingerprint density at radius 1 is 1.30 bits per heavy atom. The van der Waals surface area contributed by atoms with Crippen molar-refractivity contribution in [2.75, 3.05) is 27.7 Å². The lowest BCUT2D eigenvalue weighted by Gasteiger charge is -2.39. The second kappa shape index (κ2) is 7.46. The number of amides is 1. The van der Waals surface area contributed by atoms with Crippen molar-refractivity contribution in [2.45, 2.75) is 31.3 Å². The van der Waals surface area contributed by atoms with Gasteiger partial charge in [-0.05, 0) is 44.6 Å². The van der Waals surface area contributed by atoms with E-state index in [2.05, 4.69) is 0 Å². The molecule has 1 aliphatic heterocycles. The average Bonchev–Trinajstić information content (AvgIpc) is 2.54. The Kier molecular flexibility index (Phi) is 5.60. The maximum absolute atomic E-state index is 12.5. The van der Waals surface area contributed by atoms with Crippen molar-refractivity contribution in [1.82, 2.24) is 9.80 Å². The first-order valence-electron chi connectivity index (χ1n) is 7.74. The number of nitrogens with zero attached hydrogens (tertiary/aromatic N) is 2. The fourth-order valence-corrected chi connectivity index (χ4v) is 2.97. The Morgan fingerprint density at radius 2 is 1.96 bits per heavy atom. The third kappa shape index (κ3) is 4.22. The molecule has 0 radical (unpaired) electrons. The van der Waals surface area contributed by atoms with Crippen molar-refractivity contribution in [1.29, 1.82) is 0 Å². The van der Waals surface area contributed by atoms with Crippen LogP contribution in [-0.2, 0) is 16.0 Å². The summed E-state index contributed by atoms with van der Waals surface area (Å²) in [5, 5.41) is 9.46. The molecule has 0 bridgehead atoms. The van der Waals surface area contributed by atoms with E-state index < -0.39 is 12.0 Å². The monoisotopic (exact) mass is 320 g/mol. The van der Waals surface area contributed by atoms with E-state index in [1.54, 1.807) is 19.2 Å². The predicted molar refractivity (Wildman–Crippen MR) is 86.5 cm³/mol. The molecule has 1 amide bonds. The van der Waals surface area contributed by atoms with E-state index in [4.69, 9.17) is 4.74 Å². The number of aliphatic carboxylic acids is 1. The number of carbonyl (C=O) groups is 2. The lowest BCUT2D eigenvalue weighted by Crippen LogP contribution is -2.54. The highest BCUT2D eigenvalue weighted by atomic mass is 16.5. The molecule has 1 heterocycles. The van der Waals surface area contributed by atoms with Crippen molar-refractivity contribution in [2.24, 2.45) is 0 Å².